The Hall–Kier alpha value is -3.10. The molecule has 3 aromatic rings. The minimum absolute atomic E-state index is 0.0266. The molecule has 3 heterocycles. The molecule has 0 bridgehead atoms. The van der Waals surface area contributed by atoms with E-state index in [1.165, 1.54) is 19.3 Å². The maximum Gasteiger partial charge on any atom is 0.257 e. The quantitative estimate of drug-likeness (QED) is 0.495. The summed E-state index contributed by atoms with van der Waals surface area (Å²) in [7, 11) is 0. The van der Waals surface area contributed by atoms with Crippen LogP contribution >= 0.6 is 0 Å². The number of likely N-dealkylation sites (tertiary alicyclic amines) is 1. The Labute approximate surface area is 212 Å². The van der Waals surface area contributed by atoms with Gasteiger partial charge in [-0.25, -0.2) is 0 Å². The number of piperidine rings is 1. The van der Waals surface area contributed by atoms with E-state index in [9.17, 15) is 9.90 Å². The standard InChI is InChI=1S/C29H33N3O4/c33-20-21-6-8-22(9-7-21)27-17-26(19-32-15-2-1-3-16-32)35-29(36-27)23-10-12-25(13-11-23)31-28(34)24-5-4-14-30-18-24/h4-14,18,26-27,29,33H,1-3,15-17,19-20H2,(H,31,34). The first-order valence-corrected chi connectivity index (χ1v) is 12.7. The third-order valence-electron chi connectivity index (χ3n) is 6.89. The molecular formula is C29H33N3O4. The normalized spacial score (nSPS) is 22.8. The van der Waals surface area contributed by atoms with Crippen molar-refractivity contribution >= 4 is 11.6 Å². The number of amides is 1. The molecular weight excluding hydrogens is 454 g/mol. The van der Waals surface area contributed by atoms with E-state index >= 15 is 0 Å². The number of aliphatic hydroxyl groups excluding tert-OH is 1. The number of nitrogens with zero attached hydrogens (tertiary/aromatic N) is 2. The Bertz CT molecular complexity index is 1120. The Morgan fingerprint density at radius 1 is 0.972 bits per heavy atom. The Kier molecular flexibility index (Phi) is 8.03. The number of nitrogens with one attached hydrogen (secondary N) is 1. The summed E-state index contributed by atoms with van der Waals surface area (Å²) in [6, 6.07) is 19.1. The molecule has 0 saturated carbocycles. The summed E-state index contributed by atoms with van der Waals surface area (Å²) in [5.41, 5.74) is 4.09. The molecule has 2 aliphatic rings. The monoisotopic (exact) mass is 487 g/mol. The van der Waals surface area contributed by atoms with Gasteiger partial charge in [0, 0.05) is 36.6 Å². The average Bonchev–Trinajstić information content (AvgIpc) is 2.94. The van der Waals surface area contributed by atoms with Gasteiger partial charge in [-0.1, -0.05) is 42.8 Å². The van der Waals surface area contributed by atoms with E-state index in [1.807, 2.05) is 48.5 Å². The van der Waals surface area contributed by atoms with Gasteiger partial charge < -0.3 is 24.8 Å². The highest BCUT2D eigenvalue weighted by molar-refractivity contribution is 6.03. The van der Waals surface area contributed by atoms with Crippen LogP contribution in [0.4, 0.5) is 5.69 Å². The number of anilines is 1. The van der Waals surface area contributed by atoms with Crippen molar-refractivity contribution in [2.75, 3.05) is 25.0 Å². The summed E-state index contributed by atoms with van der Waals surface area (Å²) in [6.07, 6.45) is 7.20. The third-order valence-corrected chi connectivity index (χ3v) is 6.89. The van der Waals surface area contributed by atoms with E-state index in [-0.39, 0.29) is 24.7 Å². The number of carbonyl (C=O) groups is 1. The fraction of sp³-hybridized carbons (Fsp3) is 0.379. The Balaban J connectivity index is 1.30. The summed E-state index contributed by atoms with van der Waals surface area (Å²) in [6.45, 7) is 3.16. The van der Waals surface area contributed by atoms with E-state index in [1.54, 1.807) is 24.5 Å². The molecule has 2 N–H and O–H groups in total. The van der Waals surface area contributed by atoms with Gasteiger partial charge >= 0.3 is 0 Å². The van der Waals surface area contributed by atoms with Gasteiger partial charge in [-0.3, -0.25) is 9.78 Å². The van der Waals surface area contributed by atoms with E-state index in [4.69, 9.17) is 9.47 Å². The lowest BCUT2D eigenvalue weighted by Crippen LogP contribution is -2.41. The van der Waals surface area contributed by atoms with E-state index in [0.29, 0.717) is 11.3 Å². The van der Waals surface area contributed by atoms with Crippen molar-refractivity contribution in [1.82, 2.24) is 9.88 Å². The fourth-order valence-electron chi connectivity index (χ4n) is 4.89. The van der Waals surface area contributed by atoms with E-state index < -0.39 is 6.29 Å². The van der Waals surface area contributed by atoms with Gasteiger partial charge in [-0.05, 0) is 61.3 Å². The molecule has 2 fully saturated rings. The molecule has 2 aromatic carbocycles. The number of aliphatic hydroxyl groups is 1. The number of hydrogen-bond acceptors (Lipinski definition) is 6. The minimum atomic E-state index is -0.501. The Morgan fingerprint density at radius 3 is 2.42 bits per heavy atom. The van der Waals surface area contributed by atoms with Gasteiger partial charge in [0.25, 0.3) is 5.91 Å². The lowest BCUT2D eigenvalue weighted by atomic mass is 9.99. The summed E-state index contributed by atoms with van der Waals surface area (Å²) in [5, 5.41) is 12.3. The van der Waals surface area contributed by atoms with Crippen LogP contribution < -0.4 is 5.32 Å². The molecule has 1 aromatic heterocycles. The van der Waals surface area contributed by atoms with Crippen LogP contribution in [0.5, 0.6) is 0 Å². The molecule has 1 amide bonds. The Morgan fingerprint density at radius 2 is 1.72 bits per heavy atom. The largest absolute Gasteiger partial charge is 0.392 e. The van der Waals surface area contributed by atoms with Gasteiger partial charge in [0.1, 0.15) is 0 Å². The number of aromatic nitrogens is 1. The van der Waals surface area contributed by atoms with Crippen molar-refractivity contribution in [3.63, 3.8) is 0 Å². The summed E-state index contributed by atoms with van der Waals surface area (Å²) in [4.78, 5) is 19.0. The summed E-state index contributed by atoms with van der Waals surface area (Å²) < 4.78 is 12.9. The number of hydrogen-bond donors (Lipinski definition) is 2. The summed E-state index contributed by atoms with van der Waals surface area (Å²) >= 11 is 0. The molecule has 0 spiro atoms. The number of carbonyl (C=O) groups excluding carboxylic acids is 1. The number of rotatable bonds is 7. The first kappa shape index (κ1) is 24.6. The average molecular weight is 488 g/mol. The number of benzene rings is 2. The van der Waals surface area contributed by atoms with Gasteiger partial charge in [-0.15, -0.1) is 0 Å². The maximum absolute atomic E-state index is 12.5. The van der Waals surface area contributed by atoms with E-state index in [2.05, 4.69) is 15.2 Å². The van der Waals surface area contributed by atoms with Gasteiger partial charge in [0.2, 0.25) is 0 Å². The summed E-state index contributed by atoms with van der Waals surface area (Å²) in [5.74, 6) is -0.200. The second kappa shape index (κ2) is 11.8. The van der Waals surface area contributed by atoms with E-state index in [0.717, 1.165) is 42.7 Å². The molecule has 36 heavy (non-hydrogen) atoms. The molecule has 0 radical (unpaired) electrons. The van der Waals surface area contributed by atoms with Crippen LogP contribution in [-0.2, 0) is 16.1 Å². The van der Waals surface area contributed by atoms with Gasteiger partial charge in [-0.2, -0.15) is 0 Å². The first-order chi connectivity index (χ1) is 17.7. The molecule has 0 aliphatic carbocycles. The molecule has 3 atom stereocenters. The molecule has 7 nitrogen and oxygen atoms in total. The third kappa shape index (κ3) is 6.17. The highest BCUT2D eigenvalue weighted by Gasteiger charge is 2.33. The first-order valence-electron chi connectivity index (χ1n) is 12.7. The predicted octanol–water partition coefficient (Wildman–Crippen LogP) is 4.86. The van der Waals surface area contributed by atoms with Crippen molar-refractivity contribution < 1.29 is 19.4 Å². The van der Waals surface area contributed by atoms with Crippen molar-refractivity contribution in [2.45, 2.75) is 50.8 Å². The lowest BCUT2D eigenvalue weighted by Gasteiger charge is -2.39. The van der Waals surface area contributed by atoms with Crippen LogP contribution in [0, 0.1) is 0 Å². The van der Waals surface area contributed by atoms with Crippen LogP contribution in [0.15, 0.2) is 73.1 Å². The molecule has 7 heteroatoms. The minimum Gasteiger partial charge on any atom is -0.392 e. The van der Waals surface area contributed by atoms with Crippen molar-refractivity contribution in [2.24, 2.45) is 0 Å². The molecule has 3 unspecified atom stereocenters. The lowest BCUT2D eigenvalue weighted by molar-refractivity contribution is -0.253. The molecule has 188 valence electrons. The van der Waals surface area contributed by atoms with Crippen LogP contribution in [0.2, 0.25) is 0 Å². The smallest absolute Gasteiger partial charge is 0.257 e. The van der Waals surface area contributed by atoms with Crippen molar-refractivity contribution in [1.29, 1.82) is 0 Å². The predicted molar refractivity (Wildman–Crippen MR) is 137 cm³/mol. The number of ether oxygens (including phenoxy) is 2. The van der Waals surface area contributed by atoms with Gasteiger partial charge in [0.05, 0.1) is 24.4 Å². The zero-order valence-corrected chi connectivity index (χ0v) is 20.4. The van der Waals surface area contributed by atoms with Crippen LogP contribution in [0.25, 0.3) is 0 Å². The molecule has 2 aliphatic heterocycles. The molecule has 2 saturated heterocycles. The van der Waals surface area contributed by atoms with Crippen LogP contribution in [-0.4, -0.2) is 46.6 Å². The van der Waals surface area contributed by atoms with Crippen LogP contribution in [0.3, 0.4) is 0 Å². The topological polar surface area (TPSA) is 83.9 Å². The second-order valence-electron chi connectivity index (χ2n) is 9.53. The maximum atomic E-state index is 12.5. The number of pyridine rings is 1. The van der Waals surface area contributed by atoms with Crippen molar-refractivity contribution in [3.05, 3.63) is 95.3 Å². The highest BCUT2D eigenvalue weighted by Crippen LogP contribution is 2.38. The van der Waals surface area contributed by atoms with Crippen LogP contribution in [0.1, 0.15) is 65.1 Å². The zero-order valence-electron chi connectivity index (χ0n) is 20.4. The zero-order chi connectivity index (χ0) is 24.7. The second-order valence-corrected chi connectivity index (χ2v) is 9.53. The molecule has 5 rings (SSSR count). The van der Waals surface area contributed by atoms with Gasteiger partial charge in [0.15, 0.2) is 6.29 Å². The van der Waals surface area contributed by atoms with Crippen molar-refractivity contribution in [3.8, 4) is 0 Å². The SMILES string of the molecule is O=C(Nc1ccc(C2OC(CN3CCCCC3)CC(c3ccc(CO)cc3)O2)cc1)c1cccnc1. The fourth-order valence-corrected chi connectivity index (χ4v) is 4.89. The highest BCUT2D eigenvalue weighted by atomic mass is 16.7.